The monoisotopic (exact) mass is 257 g/mol. The Morgan fingerprint density at radius 1 is 1.43 bits per heavy atom. The quantitative estimate of drug-likeness (QED) is 0.854. The van der Waals surface area contributed by atoms with Gasteiger partial charge in [-0.25, -0.2) is 0 Å². The number of nitrogens with two attached hydrogens (primary N) is 1. The highest BCUT2D eigenvalue weighted by Gasteiger charge is 2.23. The fourth-order valence-electron chi connectivity index (χ4n) is 1.52. The zero-order valence-corrected chi connectivity index (χ0v) is 10.4. The highest BCUT2D eigenvalue weighted by molar-refractivity contribution is 9.10. The SMILES string of the molecule is Cc1ccc(C(C)(N)CO)c(C)c1Br. The van der Waals surface area contributed by atoms with Crippen molar-refractivity contribution in [2.75, 3.05) is 6.61 Å². The van der Waals surface area contributed by atoms with E-state index in [0.29, 0.717) is 0 Å². The molecule has 3 N–H and O–H groups in total. The molecule has 0 fully saturated rings. The summed E-state index contributed by atoms with van der Waals surface area (Å²) in [6.07, 6.45) is 0. The molecule has 78 valence electrons. The maximum Gasteiger partial charge on any atom is 0.0650 e. The molecule has 0 amide bonds. The minimum Gasteiger partial charge on any atom is -0.394 e. The predicted molar refractivity (Wildman–Crippen MR) is 62.2 cm³/mol. The number of hydrogen-bond donors (Lipinski definition) is 2. The van der Waals surface area contributed by atoms with Crippen LogP contribution < -0.4 is 5.73 Å². The summed E-state index contributed by atoms with van der Waals surface area (Å²) >= 11 is 3.51. The van der Waals surface area contributed by atoms with Crippen molar-refractivity contribution in [1.82, 2.24) is 0 Å². The van der Waals surface area contributed by atoms with Crippen molar-refractivity contribution >= 4 is 15.9 Å². The second-order valence-electron chi connectivity index (χ2n) is 3.94. The first kappa shape index (κ1) is 11.7. The van der Waals surface area contributed by atoms with Crippen LogP contribution in [0.5, 0.6) is 0 Å². The first-order valence-corrected chi connectivity index (χ1v) is 5.35. The van der Waals surface area contributed by atoms with Crippen LogP contribution in [0, 0.1) is 13.8 Å². The van der Waals surface area contributed by atoms with Gasteiger partial charge in [-0.3, -0.25) is 0 Å². The number of halogens is 1. The van der Waals surface area contributed by atoms with E-state index in [-0.39, 0.29) is 6.61 Å². The third-order valence-electron chi connectivity index (χ3n) is 2.52. The van der Waals surface area contributed by atoms with Gasteiger partial charge in [0, 0.05) is 4.47 Å². The molecule has 1 atom stereocenters. The Kier molecular flexibility index (Phi) is 3.35. The second kappa shape index (κ2) is 4.01. The van der Waals surface area contributed by atoms with Crippen molar-refractivity contribution in [3.63, 3.8) is 0 Å². The van der Waals surface area contributed by atoms with Crippen molar-refractivity contribution in [1.29, 1.82) is 0 Å². The van der Waals surface area contributed by atoms with E-state index in [2.05, 4.69) is 15.9 Å². The van der Waals surface area contributed by atoms with Gasteiger partial charge in [0.2, 0.25) is 0 Å². The summed E-state index contributed by atoms with van der Waals surface area (Å²) < 4.78 is 1.07. The van der Waals surface area contributed by atoms with E-state index in [1.54, 1.807) is 0 Å². The topological polar surface area (TPSA) is 46.2 Å². The van der Waals surface area contributed by atoms with Gasteiger partial charge in [-0.2, -0.15) is 0 Å². The zero-order chi connectivity index (χ0) is 10.9. The normalized spacial score (nSPS) is 15.3. The molecule has 1 aromatic carbocycles. The highest BCUT2D eigenvalue weighted by atomic mass is 79.9. The fourth-order valence-corrected chi connectivity index (χ4v) is 1.87. The van der Waals surface area contributed by atoms with E-state index in [1.165, 1.54) is 5.56 Å². The maximum absolute atomic E-state index is 9.19. The molecule has 0 aliphatic carbocycles. The average molecular weight is 258 g/mol. The van der Waals surface area contributed by atoms with Crippen molar-refractivity contribution in [2.45, 2.75) is 26.3 Å². The van der Waals surface area contributed by atoms with Crippen LogP contribution in [0.3, 0.4) is 0 Å². The first-order chi connectivity index (χ1) is 6.40. The molecule has 1 aromatic rings. The lowest BCUT2D eigenvalue weighted by molar-refractivity contribution is 0.209. The van der Waals surface area contributed by atoms with Crippen LogP contribution in [-0.4, -0.2) is 11.7 Å². The number of rotatable bonds is 2. The zero-order valence-electron chi connectivity index (χ0n) is 8.76. The van der Waals surface area contributed by atoms with Crippen LogP contribution in [0.15, 0.2) is 16.6 Å². The van der Waals surface area contributed by atoms with E-state index in [9.17, 15) is 5.11 Å². The molecule has 14 heavy (non-hydrogen) atoms. The van der Waals surface area contributed by atoms with Gasteiger partial charge in [0.05, 0.1) is 12.1 Å². The Bertz CT molecular complexity index is 347. The van der Waals surface area contributed by atoms with Crippen LogP contribution >= 0.6 is 15.9 Å². The third kappa shape index (κ3) is 2.00. The fraction of sp³-hybridized carbons (Fsp3) is 0.455. The molecule has 3 heteroatoms. The Balaban J connectivity index is 3.31. The lowest BCUT2D eigenvalue weighted by Gasteiger charge is -2.25. The van der Waals surface area contributed by atoms with Crippen LogP contribution in [0.25, 0.3) is 0 Å². The Hall–Kier alpha value is -0.380. The predicted octanol–water partition coefficient (Wildman–Crippen LogP) is 2.23. The van der Waals surface area contributed by atoms with Crippen LogP contribution in [0.1, 0.15) is 23.6 Å². The van der Waals surface area contributed by atoms with Crippen molar-refractivity contribution in [3.05, 3.63) is 33.3 Å². The minimum absolute atomic E-state index is 0.0522. The number of aliphatic hydroxyl groups excluding tert-OH is 1. The van der Waals surface area contributed by atoms with Crippen molar-refractivity contribution in [3.8, 4) is 0 Å². The van der Waals surface area contributed by atoms with Gasteiger partial charge in [0.1, 0.15) is 0 Å². The molecule has 0 saturated heterocycles. The Labute approximate surface area is 93.3 Å². The molecule has 0 aliphatic rings. The Morgan fingerprint density at radius 3 is 2.50 bits per heavy atom. The van der Waals surface area contributed by atoms with Crippen LogP contribution in [0.4, 0.5) is 0 Å². The van der Waals surface area contributed by atoms with Gasteiger partial charge in [-0.1, -0.05) is 28.1 Å². The molecule has 0 aliphatic heterocycles. The summed E-state index contributed by atoms with van der Waals surface area (Å²) in [5.74, 6) is 0. The lowest BCUT2D eigenvalue weighted by Crippen LogP contribution is -2.37. The molecule has 1 unspecified atom stereocenters. The summed E-state index contributed by atoms with van der Waals surface area (Å²) in [5, 5.41) is 9.19. The van der Waals surface area contributed by atoms with Crippen LogP contribution in [-0.2, 0) is 5.54 Å². The molecule has 0 heterocycles. The number of hydrogen-bond acceptors (Lipinski definition) is 2. The van der Waals surface area contributed by atoms with Gasteiger partial charge in [-0.05, 0) is 37.5 Å². The largest absolute Gasteiger partial charge is 0.394 e. The molecule has 0 saturated carbocycles. The third-order valence-corrected chi connectivity index (χ3v) is 3.74. The molecule has 1 rings (SSSR count). The molecule has 2 nitrogen and oxygen atoms in total. The van der Waals surface area contributed by atoms with E-state index >= 15 is 0 Å². The first-order valence-electron chi connectivity index (χ1n) is 4.56. The van der Waals surface area contributed by atoms with Gasteiger partial charge in [-0.15, -0.1) is 0 Å². The van der Waals surface area contributed by atoms with Gasteiger partial charge < -0.3 is 10.8 Å². The van der Waals surface area contributed by atoms with Crippen molar-refractivity contribution < 1.29 is 5.11 Å². The average Bonchev–Trinajstić information content (AvgIpc) is 2.14. The molecule has 0 spiro atoms. The smallest absolute Gasteiger partial charge is 0.0650 e. The molecule has 0 radical (unpaired) electrons. The molecular formula is C11H16BrNO. The van der Waals surface area contributed by atoms with Gasteiger partial charge in [0.25, 0.3) is 0 Å². The number of aryl methyl sites for hydroxylation is 1. The summed E-state index contributed by atoms with van der Waals surface area (Å²) in [6.45, 7) is 5.82. The number of benzene rings is 1. The standard InChI is InChI=1S/C11H16BrNO/c1-7-4-5-9(8(2)10(7)12)11(3,13)6-14/h4-5,14H,6,13H2,1-3H3. The summed E-state index contributed by atoms with van der Waals surface area (Å²) in [4.78, 5) is 0. The minimum atomic E-state index is -0.666. The molecule has 0 bridgehead atoms. The summed E-state index contributed by atoms with van der Waals surface area (Å²) in [5.41, 5.74) is 8.59. The van der Waals surface area contributed by atoms with Gasteiger partial charge >= 0.3 is 0 Å². The summed E-state index contributed by atoms with van der Waals surface area (Å²) in [6, 6.07) is 3.98. The van der Waals surface area contributed by atoms with Crippen LogP contribution in [0.2, 0.25) is 0 Å². The Morgan fingerprint density at radius 2 is 2.00 bits per heavy atom. The van der Waals surface area contributed by atoms with Gasteiger partial charge in [0.15, 0.2) is 0 Å². The highest BCUT2D eigenvalue weighted by Crippen LogP contribution is 2.29. The maximum atomic E-state index is 9.19. The van der Waals surface area contributed by atoms with E-state index in [0.717, 1.165) is 15.6 Å². The van der Waals surface area contributed by atoms with E-state index in [1.807, 2.05) is 32.9 Å². The lowest BCUT2D eigenvalue weighted by atomic mass is 9.89. The molecular weight excluding hydrogens is 242 g/mol. The van der Waals surface area contributed by atoms with E-state index < -0.39 is 5.54 Å². The van der Waals surface area contributed by atoms with E-state index in [4.69, 9.17) is 5.73 Å². The van der Waals surface area contributed by atoms with Crippen molar-refractivity contribution in [2.24, 2.45) is 5.73 Å². The number of aliphatic hydroxyl groups is 1. The molecule has 0 aromatic heterocycles. The summed E-state index contributed by atoms with van der Waals surface area (Å²) in [7, 11) is 0. The second-order valence-corrected chi connectivity index (χ2v) is 4.74.